The minimum atomic E-state index is -1.08. The van der Waals surface area contributed by atoms with E-state index in [1.54, 1.807) is 24.6 Å². The molecule has 1 aliphatic rings. The Morgan fingerprint density at radius 3 is 1.32 bits per heavy atom. The average Bonchev–Trinajstić information content (AvgIpc) is 3.23. The van der Waals surface area contributed by atoms with Crippen LogP contribution in [0.5, 0.6) is 11.5 Å². The molecule has 0 saturated heterocycles. The SMILES string of the molecule is CC(=O)[O-].CC(=O)[O-].CC(C)(C)c1ccc(O)c(C=NC2CCC(N=Cc3cc(C(C)(C)C)ccc3O)C2)c1.[Co+2]. The molecular formula is C31H42CoN2O6. The van der Waals surface area contributed by atoms with E-state index in [2.05, 4.69) is 41.5 Å². The number of rotatable bonds is 4. The Morgan fingerprint density at radius 2 is 1.05 bits per heavy atom. The van der Waals surface area contributed by atoms with E-state index in [4.69, 9.17) is 29.8 Å². The van der Waals surface area contributed by atoms with Crippen molar-refractivity contribution in [3.63, 3.8) is 0 Å². The molecule has 3 rings (SSSR count). The summed E-state index contributed by atoms with van der Waals surface area (Å²) in [4.78, 5) is 27.3. The van der Waals surface area contributed by atoms with Crippen molar-refractivity contribution < 1.29 is 46.8 Å². The van der Waals surface area contributed by atoms with Crippen molar-refractivity contribution in [2.75, 3.05) is 0 Å². The normalized spacial score (nSPS) is 16.9. The molecule has 0 aliphatic heterocycles. The Morgan fingerprint density at radius 1 is 0.750 bits per heavy atom. The summed E-state index contributed by atoms with van der Waals surface area (Å²) in [5.41, 5.74) is 3.95. The van der Waals surface area contributed by atoms with Gasteiger partial charge < -0.3 is 30.0 Å². The predicted molar refractivity (Wildman–Crippen MR) is 152 cm³/mol. The van der Waals surface area contributed by atoms with Crippen molar-refractivity contribution in [2.45, 2.75) is 97.6 Å². The van der Waals surface area contributed by atoms with E-state index in [9.17, 15) is 10.2 Å². The van der Waals surface area contributed by atoms with Crippen LogP contribution >= 0.6 is 0 Å². The van der Waals surface area contributed by atoms with Gasteiger partial charge in [0.15, 0.2) is 0 Å². The van der Waals surface area contributed by atoms with E-state index >= 15 is 0 Å². The molecule has 0 amide bonds. The van der Waals surface area contributed by atoms with Gasteiger partial charge in [-0.05, 0) is 79.3 Å². The second kappa shape index (κ2) is 16.2. The molecule has 1 fully saturated rings. The Labute approximate surface area is 248 Å². The van der Waals surface area contributed by atoms with Crippen LogP contribution in [-0.2, 0) is 37.2 Å². The van der Waals surface area contributed by atoms with Crippen molar-refractivity contribution in [3.05, 3.63) is 58.7 Å². The zero-order valence-electron chi connectivity index (χ0n) is 24.7. The number of carboxylic acid groups (broad SMARTS) is 2. The molecule has 1 radical (unpaired) electrons. The standard InChI is InChI=1S/C27H36N2O2.2C2H4O2.Co/c1-26(2,3)20-7-11-24(30)18(13-20)16-28-22-9-10-23(15-22)29-17-19-14-21(27(4,5)6)8-12-25(19)31;2*1-2(3)4;/h7-8,11-14,16-17,22-23,30-31H,9-10,15H2,1-6H3;2*1H3,(H,3,4);/q;;;+2/p-2. The molecule has 2 aromatic carbocycles. The zero-order valence-corrected chi connectivity index (χ0v) is 25.7. The van der Waals surface area contributed by atoms with Crippen molar-refractivity contribution in [1.29, 1.82) is 0 Å². The first-order valence-electron chi connectivity index (χ1n) is 13.0. The van der Waals surface area contributed by atoms with Crippen LogP contribution in [0.4, 0.5) is 0 Å². The molecule has 221 valence electrons. The molecule has 2 atom stereocenters. The Balaban J connectivity index is 0.00000149. The van der Waals surface area contributed by atoms with Gasteiger partial charge in [-0.15, -0.1) is 0 Å². The fourth-order valence-electron chi connectivity index (χ4n) is 3.83. The first-order chi connectivity index (χ1) is 17.9. The molecule has 2 N–H and O–H groups in total. The molecule has 2 unspecified atom stereocenters. The second-order valence-electron chi connectivity index (χ2n) is 11.7. The average molecular weight is 598 g/mol. The quantitative estimate of drug-likeness (QED) is 0.515. The number of phenolic OH excluding ortho intramolecular Hbond substituents is 2. The molecule has 1 aliphatic carbocycles. The monoisotopic (exact) mass is 597 g/mol. The van der Waals surface area contributed by atoms with Crippen LogP contribution in [0.15, 0.2) is 46.4 Å². The van der Waals surface area contributed by atoms with Gasteiger partial charge >= 0.3 is 16.8 Å². The van der Waals surface area contributed by atoms with Gasteiger partial charge in [-0.1, -0.05) is 53.7 Å². The largest absolute Gasteiger partial charge is 2.00 e. The molecule has 1 saturated carbocycles. The number of nitrogens with zero attached hydrogens (tertiary/aromatic N) is 2. The van der Waals surface area contributed by atoms with Gasteiger partial charge in [0.1, 0.15) is 11.5 Å². The second-order valence-corrected chi connectivity index (χ2v) is 11.7. The molecule has 9 heteroatoms. The maximum atomic E-state index is 10.2. The summed E-state index contributed by atoms with van der Waals surface area (Å²) in [5.74, 6) is -1.64. The Kier molecular flexibility index (Phi) is 14.9. The van der Waals surface area contributed by atoms with E-state index in [-0.39, 0.29) is 51.2 Å². The predicted octanol–water partition coefficient (Wildman–Crippen LogP) is 3.66. The molecule has 0 aromatic heterocycles. The zero-order chi connectivity index (χ0) is 30.0. The summed E-state index contributed by atoms with van der Waals surface area (Å²) in [6.07, 6.45) is 6.45. The van der Waals surface area contributed by atoms with Crippen molar-refractivity contribution in [1.82, 2.24) is 0 Å². The first kappa shape index (κ1) is 36.8. The van der Waals surface area contributed by atoms with E-state index < -0.39 is 11.9 Å². The van der Waals surface area contributed by atoms with Crippen LogP contribution in [0, 0.1) is 0 Å². The maximum Gasteiger partial charge on any atom is 2.00 e. The fourth-order valence-corrected chi connectivity index (χ4v) is 3.83. The van der Waals surface area contributed by atoms with Gasteiger partial charge in [0.05, 0.1) is 12.1 Å². The van der Waals surface area contributed by atoms with E-state index in [1.807, 2.05) is 24.3 Å². The molecule has 40 heavy (non-hydrogen) atoms. The minimum Gasteiger partial charge on any atom is -0.550 e. The van der Waals surface area contributed by atoms with Crippen LogP contribution in [0.3, 0.4) is 0 Å². The van der Waals surface area contributed by atoms with Crippen LogP contribution in [0.1, 0.15) is 96.9 Å². The number of benzene rings is 2. The summed E-state index contributed by atoms with van der Waals surface area (Å²) in [6.45, 7) is 14.9. The van der Waals surface area contributed by atoms with Gasteiger partial charge in [0.2, 0.25) is 0 Å². The number of hydrogen-bond donors (Lipinski definition) is 2. The van der Waals surface area contributed by atoms with Crippen molar-refractivity contribution >= 4 is 24.4 Å². The number of hydrogen-bond acceptors (Lipinski definition) is 8. The van der Waals surface area contributed by atoms with E-state index in [1.165, 1.54) is 11.1 Å². The van der Waals surface area contributed by atoms with Gasteiger partial charge in [0.25, 0.3) is 0 Å². The van der Waals surface area contributed by atoms with Gasteiger partial charge in [-0.2, -0.15) is 0 Å². The molecular weight excluding hydrogens is 555 g/mol. The molecule has 2 aromatic rings. The van der Waals surface area contributed by atoms with E-state index in [0.29, 0.717) is 0 Å². The number of carbonyl (C=O) groups is 2. The number of carbonyl (C=O) groups excluding carboxylic acids is 2. The summed E-state index contributed by atoms with van der Waals surface area (Å²) < 4.78 is 0. The number of phenols is 2. The van der Waals surface area contributed by atoms with Gasteiger partial charge in [0, 0.05) is 35.5 Å². The van der Waals surface area contributed by atoms with Crippen LogP contribution in [0.2, 0.25) is 0 Å². The minimum absolute atomic E-state index is 0. The maximum absolute atomic E-state index is 10.2. The van der Waals surface area contributed by atoms with Crippen LogP contribution < -0.4 is 10.2 Å². The number of carboxylic acids is 2. The van der Waals surface area contributed by atoms with E-state index in [0.717, 1.165) is 44.2 Å². The third-order valence-electron chi connectivity index (χ3n) is 6.01. The fraction of sp³-hybridized carbons (Fsp3) is 0.484. The van der Waals surface area contributed by atoms with Crippen LogP contribution in [-0.4, -0.2) is 46.7 Å². The molecule has 8 nitrogen and oxygen atoms in total. The summed E-state index contributed by atoms with van der Waals surface area (Å²) >= 11 is 0. The summed E-state index contributed by atoms with van der Waals surface area (Å²) in [5, 5.41) is 38.2. The number of aliphatic carboxylic acids is 2. The van der Waals surface area contributed by atoms with Crippen molar-refractivity contribution in [3.8, 4) is 11.5 Å². The molecule has 0 heterocycles. The van der Waals surface area contributed by atoms with Crippen molar-refractivity contribution in [2.24, 2.45) is 9.98 Å². The first-order valence-corrected chi connectivity index (χ1v) is 13.0. The number of aromatic hydroxyl groups is 2. The van der Waals surface area contributed by atoms with Crippen LogP contribution in [0.25, 0.3) is 0 Å². The summed E-state index contributed by atoms with van der Waals surface area (Å²) in [7, 11) is 0. The van der Waals surface area contributed by atoms with Gasteiger partial charge in [-0.25, -0.2) is 0 Å². The molecule has 0 bridgehead atoms. The molecule has 0 spiro atoms. The Hall–Kier alpha value is -3.17. The topological polar surface area (TPSA) is 145 Å². The van der Waals surface area contributed by atoms with Gasteiger partial charge in [-0.3, -0.25) is 9.98 Å². The third-order valence-corrected chi connectivity index (χ3v) is 6.01. The number of aliphatic imine (C=N–C) groups is 2. The third kappa shape index (κ3) is 13.8. The Bertz CT molecular complexity index is 1080. The summed E-state index contributed by atoms with van der Waals surface area (Å²) in [6, 6.07) is 11.9. The smallest absolute Gasteiger partial charge is 0.550 e.